The van der Waals surface area contributed by atoms with Crippen molar-refractivity contribution < 1.29 is 22.7 Å². The minimum absolute atomic E-state index is 0.000567. The van der Waals surface area contributed by atoms with Crippen LogP contribution >= 0.6 is 11.8 Å². The zero-order chi connectivity index (χ0) is 28.0. The molecule has 11 nitrogen and oxygen atoms in total. The number of nitrogens with zero attached hydrogens (tertiary/aromatic N) is 4. The number of carbonyl (C=O) groups is 2. The molecule has 1 amide bonds. The Labute approximate surface area is 230 Å². The molecule has 0 aliphatic heterocycles. The topological polar surface area (TPSA) is 145 Å². The maximum atomic E-state index is 12.8. The van der Waals surface area contributed by atoms with Crippen LogP contribution in [0, 0.1) is 6.92 Å². The van der Waals surface area contributed by atoms with Gasteiger partial charge in [-0.1, -0.05) is 24.8 Å². The molecule has 0 fully saturated rings. The Kier molecular flexibility index (Phi) is 8.62. The van der Waals surface area contributed by atoms with Gasteiger partial charge in [0, 0.05) is 17.6 Å². The number of rotatable bonds is 10. The van der Waals surface area contributed by atoms with E-state index < -0.39 is 28.0 Å². The van der Waals surface area contributed by atoms with Gasteiger partial charge in [0.1, 0.15) is 11.6 Å². The van der Waals surface area contributed by atoms with Crippen LogP contribution in [0.5, 0.6) is 0 Å². The van der Waals surface area contributed by atoms with Crippen LogP contribution in [-0.4, -0.2) is 52.4 Å². The number of benzene rings is 2. The number of sulfonamides is 1. The van der Waals surface area contributed by atoms with Crippen molar-refractivity contribution >= 4 is 45.2 Å². The summed E-state index contributed by atoms with van der Waals surface area (Å²) in [7, 11) is -3.85. The van der Waals surface area contributed by atoms with Gasteiger partial charge in [0.15, 0.2) is 11.3 Å². The smallest absolute Gasteiger partial charge is 0.338 e. The number of aromatic nitrogens is 4. The highest BCUT2D eigenvalue weighted by Crippen LogP contribution is 2.21. The Balaban J connectivity index is 1.38. The van der Waals surface area contributed by atoms with E-state index in [4.69, 9.17) is 4.74 Å². The van der Waals surface area contributed by atoms with Crippen LogP contribution in [0.4, 0.5) is 11.5 Å². The van der Waals surface area contributed by atoms with Gasteiger partial charge in [-0.25, -0.2) is 18.2 Å². The van der Waals surface area contributed by atoms with E-state index in [1.165, 1.54) is 48.3 Å². The molecule has 2 N–H and O–H groups in total. The Bertz CT molecular complexity index is 1560. The fourth-order valence-electron chi connectivity index (χ4n) is 3.60. The standard InChI is InChI=1S/C26H26N6O5S2/c1-4-22(37-25(34)18-8-12-20(13-9-18)32-17(2)29-30-26(32)38-3)24(33)28-19-10-14-21(15-11-19)39(35,36)31-23-7-5-6-16-27-23/h5-16,22H,4H2,1-3H3,(H,27,31)(H,28,33). The van der Waals surface area contributed by atoms with Gasteiger partial charge in [-0.05, 0) is 80.3 Å². The van der Waals surface area contributed by atoms with E-state index in [9.17, 15) is 18.0 Å². The molecule has 2 heterocycles. The summed E-state index contributed by atoms with van der Waals surface area (Å²) < 4.78 is 34.9. The average Bonchev–Trinajstić information content (AvgIpc) is 3.32. The van der Waals surface area contributed by atoms with Crippen LogP contribution in [0.1, 0.15) is 29.5 Å². The van der Waals surface area contributed by atoms with Gasteiger partial charge in [0.2, 0.25) is 0 Å². The third-order valence-corrected chi connectivity index (χ3v) is 7.59. The first-order chi connectivity index (χ1) is 18.7. The monoisotopic (exact) mass is 566 g/mol. The fraction of sp³-hybridized carbons (Fsp3) is 0.192. The highest BCUT2D eigenvalue weighted by molar-refractivity contribution is 7.98. The number of nitrogens with one attached hydrogen (secondary N) is 2. The number of thioether (sulfide) groups is 1. The van der Waals surface area contributed by atoms with Gasteiger partial charge < -0.3 is 10.1 Å². The zero-order valence-corrected chi connectivity index (χ0v) is 23.0. The van der Waals surface area contributed by atoms with Crippen LogP contribution in [0.25, 0.3) is 5.69 Å². The molecule has 39 heavy (non-hydrogen) atoms. The summed E-state index contributed by atoms with van der Waals surface area (Å²) in [5, 5.41) is 11.6. The summed E-state index contributed by atoms with van der Waals surface area (Å²) in [4.78, 5) is 29.5. The lowest BCUT2D eigenvalue weighted by atomic mass is 10.2. The second kappa shape index (κ2) is 12.1. The second-order valence-electron chi connectivity index (χ2n) is 8.25. The van der Waals surface area contributed by atoms with E-state index >= 15 is 0 Å². The molecular formula is C26H26N6O5S2. The van der Waals surface area contributed by atoms with Crippen LogP contribution in [-0.2, 0) is 19.6 Å². The Morgan fingerprint density at radius 3 is 2.36 bits per heavy atom. The van der Waals surface area contributed by atoms with Gasteiger partial charge >= 0.3 is 5.97 Å². The molecule has 4 aromatic rings. The first-order valence-corrected chi connectivity index (χ1v) is 14.5. The van der Waals surface area contributed by atoms with Crippen LogP contribution in [0.15, 0.2) is 83.0 Å². The number of ether oxygens (including phenoxy) is 1. The number of esters is 1. The molecule has 13 heteroatoms. The molecule has 0 spiro atoms. The molecule has 2 aromatic heterocycles. The summed E-state index contributed by atoms with van der Waals surface area (Å²) in [5.41, 5.74) is 1.44. The summed E-state index contributed by atoms with van der Waals surface area (Å²) in [6, 6.07) is 17.2. The number of aryl methyl sites for hydroxylation is 1. The van der Waals surface area contributed by atoms with Crippen LogP contribution in [0.3, 0.4) is 0 Å². The van der Waals surface area contributed by atoms with Crippen molar-refractivity contribution in [3.8, 4) is 5.69 Å². The van der Waals surface area contributed by atoms with Gasteiger partial charge in [-0.15, -0.1) is 10.2 Å². The molecule has 0 saturated carbocycles. The molecule has 0 saturated heterocycles. The first-order valence-electron chi connectivity index (χ1n) is 11.8. The number of hydrogen-bond acceptors (Lipinski definition) is 9. The predicted molar refractivity (Wildman–Crippen MR) is 147 cm³/mol. The summed E-state index contributed by atoms with van der Waals surface area (Å²) in [6.07, 6.45) is 2.57. The predicted octanol–water partition coefficient (Wildman–Crippen LogP) is 4.07. The number of anilines is 2. The number of carbonyl (C=O) groups excluding carboxylic acids is 2. The van der Waals surface area contributed by atoms with Crippen molar-refractivity contribution in [3.63, 3.8) is 0 Å². The number of amides is 1. The summed E-state index contributed by atoms with van der Waals surface area (Å²) in [6.45, 7) is 3.56. The minimum atomic E-state index is -3.85. The Morgan fingerprint density at radius 2 is 1.74 bits per heavy atom. The zero-order valence-electron chi connectivity index (χ0n) is 21.4. The van der Waals surface area contributed by atoms with E-state index in [2.05, 4.69) is 25.2 Å². The van der Waals surface area contributed by atoms with E-state index in [0.29, 0.717) is 11.5 Å². The van der Waals surface area contributed by atoms with Crippen molar-refractivity contribution in [2.75, 3.05) is 16.3 Å². The minimum Gasteiger partial charge on any atom is -0.449 e. The van der Waals surface area contributed by atoms with E-state index in [-0.39, 0.29) is 22.7 Å². The summed E-state index contributed by atoms with van der Waals surface area (Å²) >= 11 is 1.46. The van der Waals surface area contributed by atoms with Crippen LogP contribution < -0.4 is 10.0 Å². The van der Waals surface area contributed by atoms with Gasteiger partial charge in [-0.3, -0.25) is 14.1 Å². The molecule has 0 aliphatic rings. The van der Waals surface area contributed by atoms with Crippen molar-refractivity contribution in [1.29, 1.82) is 0 Å². The van der Waals surface area contributed by atoms with E-state index in [1.807, 2.05) is 17.7 Å². The van der Waals surface area contributed by atoms with Crippen molar-refractivity contribution in [2.24, 2.45) is 0 Å². The highest BCUT2D eigenvalue weighted by atomic mass is 32.2. The molecule has 1 unspecified atom stereocenters. The molecule has 0 bridgehead atoms. The molecule has 2 aromatic carbocycles. The second-order valence-corrected chi connectivity index (χ2v) is 10.7. The Hall–Kier alpha value is -4.23. The lowest BCUT2D eigenvalue weighted by Crippen LogP contribution is -2.32. The van der Waals surface area contributed by atoms with Crippen molar-refractivity contribution in [3.05, 3.63) is 84.3 Å². The van der Waals surface area contributed by atoms with Crippen molar-refractivity contribution in [2.45, 2.75) is 36.4 Å². The lowest BCUT2D eigenvalue weighted by molar-refractivity contribution is -0.124. The average molecular weight is 567 g/mol. The van der Waals surface area contributed by atoms with Crippen molar-refractivity contribution in [1.82, 2.24) is 19.7 Å². The highest BCUT2D eigenvalue weighted by Gasteiger charge is 2.23. The largest absolute Gasteiger partial charge is 0.449 e. The quantitative estimate of drug-likeness (QED) is 0.214. The molecule has 0 radical (unpaired) electrons. The van der Waals surface area contributed by atoms with Crippen LogP contribution in [0.2, 0.25) is 0 Å². The summed E-state index contributed by atoms with van der Waals surface area (Å²) in [5.74, 6) is -0.270. The SMILES string of the molecule is CCC(OC(=O)c1ccc(-n2c(C)nnc2SC)cc1)C(=O)Nc1ccc(S(=O)(=O)Nc2ccccn2)cc1. The number of hydrogen-bond donors (Lipinski definition) is 2. The Morgan fingerprint density at radius 1 is 1.03 bits per heavy atom. The molecular weight excluding hydrogens is 540 g/mol. The lowest BCUT2D eigenvalue weighted by Gasteiger charge is -2.16. The maximum absolute atomic E-state index is 12.8. The third kappa shape index (κ3) is 6.62. The van der Waals surface area contributed by atoms with Gasteiger partial charge in [-0.2, -0.15) is 0 Å². The molecule has 202 valence electrons. The first kappa shape index (κ1) is 27.8. The van der Waals surface area contributed by atoms with E-state index in [1.54, 1.807) is 43.3 Å². The van der Waals surface area contributed by atoms with Gasteiger partial charge in [0.05, 0.1) is 10.5 Å². The van der Waals surface area contributed by atoms with Gasteiger partial charge in [0.25, 0.3) is 15.9 Å². The molecule has 0 aliphatic carbocycles. The maximum Gasteiger partial charge on any atom is 0.338 e. The molecule has 1 atom stereocenters. The van der Waals surface area contributed by atoms with E-state index in [0.717, 1.165) is 10.8 Å². The normalized spacial score (nSPS) is 12.0. The fourth-order valence-corrected chi connectivity index (χ4v) is 5.15. The third-order valence-electron chi connectivity index (χ3n) is 5.59. The number of pyridine rings is 1. The molecule has 4 rings (SSSR count).